The zero-order chi connectivity index (χ0) is 15.2. The molecule has 1 atom stereocenters. The Balaban J connectivity index is 2.14. The molecule has 2 amide bonds. The summed E-state index contributed by atoms with van der Waals surface area (Å²) in [7, 11) is 0. The number of nitrogens with one attached hydrogen (secondary N) is 2. The van der Waals surface area contributed by atoms with Gasteiger partial charge in [0.05, 0.1) is 6.04 Å². The molecule has 2 aromatic rings. The van der Waals surface area contributed by atoms with E-state index >= 15 is 0 Å². The van der Waals surface area contributed by atoms with Crippen LogP contribution >= 0.6 is 11.3 Å². The number of carbonyl (C=O) groups is 1. The molecular formula is C17H22N2OS. The molecule has 0 spiro atoms. The maximum absolute atomic E-state index is 12.1. The summed E-state index contributed by atoms with van der Waals surface area (Å²) in [4.78, 5) is 13.2. The molecule has 0 radical (unpaired) electrons. The van der Waals surface area contributed by atoms with Crippen molar-refractivity contribution in [3.63, 3.8) is 0 Å². The van der Waals surface area contributed by atoms with E-state index in [2.05, 4.69) is 61.7 Å². The Morgan fingerprint density at radius 3 is 2.48 bits per heavy atom. The lowest BCUT2D eigenvalue weighted by Gasteiger charge is -2.19. The zero-order valence-corrected chi connectivity index (χ0v) is 13.5. The van der Waals surface area contributed by atoms with Gasteiger partial charge in [-0.05, 0) is 29.9 Å². The summed E-state index contributed by atoms with van der Waals surface area (Å²) in [5, 5.41) is 8.01. The third-order valence-corrected chi connectivity index (χ3v) is 4.12. The Hall–Kier alpha value is -1.81. The van der Waals surface area contributed by atoms with Gasteiger partial charge in [-0.2, -0.15) is 0 Å². The maximum atomic E-state index is 12.1. The quantitative estimate of drug-likeness (QED) is 0.857. The van der Waals surface area contributed by atoms with Gasteiger partial charge in [0.15, 0.2) is 0 Å². The van der Waals surface area contributed by atoms with Gasteiger partial charge in [0, 0.05) is 11.4 Å². The summed E-state index contributed by atoms with van der Waals surface area (Å²) in [6.07, 6.45) is 0. The molecule has 1 heterocycles. The van der Waals surface area contributed by atoms with Crippen molar-refractivity contribution in [1.29, 1.82) is 0 Å². The van der Waals surface area contributed by atoms with Gasteiger partial charge in [0.1, 0.15) is 0 Å². The van der Waals surface area contributed by atoms with Gasteiger partial charge < -0.3 is 10.6 Å². The van der Waals surface area contributed by atoms with Crippen LogP contribution in [0.25, 0.3) is 0 Å². The standard InChI is InChI=1S/C17H22N2OS/c1-12(2)11-18-17(20)19-16(15-5-4-10-21-15)14-8-6-13(3)7-9-14/h4-10,12,16H,11H2,1-3H3,(H2,18,19,20)/t16-/m1/s1. The van der Waals surface area contributed by atoms with Crippen molar-refractivity contribution in [1.82, 2.24) is 10.6 Å². The summed E-state index contributed by atoms with van der Waals surface area (Å²) in [6, 6.07) is 12.1. The molecule has 21 heavy (non-hydrogen) atoms. The number of hydrogen-bond donors (Lipinski definition) is 2. The highest BCUT2D eigenvalue weighted by Crippen LogP contribution is 2.26. The van der Waals surface area contributed by atoms with Crippen LogP contribution in [0.5, 0.6) is 0 Å². The second-order valence-corrected chi connectivity index (χ2v) is 6.59. The van der Waals surface area contributed by atoms with Crippen molar-refractivity contribution in [3.05, 3.63) is 57.8 Å². The van der Waals surface area contributed by atoms with Gasteiger partial charge in [-0.15, -0.1) is 11.3 Å². The number of aryl methyl sites for hydroxylation is 1. The van der Waals surface area contributed by atoms with Crippen LogP contribution in [-0.4, -0.2) is 12.6 Å². The third-order valence-electron chi connectivity index (χ3n) is 3.18. The van der Waals surface area contributed by atoms with Crippen molar-refractivity contribution in [2.75, 3.05) is 6.54 Å². The van der Waals surface area contributed by atoms with Crippen LogP contribution in [0, 0.1) is 12.8 Å². The lowest BCUT2D eigenvalue weighted by molar-refractivity contribution is 0.237. The molecule has 0 saturated carbocycles. The van der Waals surface area contributed by atoms with Crippen molar-refractivity contribution >= 4 is 17.4 Å². The first-order valence-electron chi connectivity index (χ1n) is 7.20. The molecule has 0 aliphatic heterocycles. The van der Waals surface area contributed by atoms with Crippen LogP contribution < -0.4 is 10.6 Å². The lowest BCUT2D eigenvalue weighted by atomic mass is 10.0. The Labute approximate surface area is 130 Å². The zero-order valence-electron chi connectivity index (χ0n) is 12.7. The number of hydrogen-bond acceptors (Lipinski definition) is 2. The molecule has 3 nitrogen and oxygen atoms in total. The Morgan fingerprint density at radius 2 is 1.90 bits per heavy atom. The highest BCUT2D eigenvalue weighted by molar-refractivity contribution is 7.10. The summed E-state index contributed by atoms with van der Waals surface area (Å²) in [5.41, 5.74) is 2.32. The van der Waals surface area contributed by atoms with E-state index in [1.165, 1.54) is 5.56 Å². The Kier molecular flexibility index (Phi) is 5.39. The van der Waals surface area contributed by atoms with Crippen molar-refractivity contribution in [2.24, 2.45) is 5.92 Å². The number of amides is 2. The van der Waals surface area contributed by atoms with Crippen LogP contribution in [-0.2, 0) is 0 Å². The molecular weight excluding hydrogens is 280 g/mol. The first-order valence-corrected chi connectivity index (χ1v) is 8.08. The van der Waals surface area contributed by atoms with Crippen LogP contribution in [0.1, 0.15) is 35.9 Å². The molecule has 112 valence electrons. The molecule has 0 aliphatic rings. The van der Waals surface area contributed by atoms with Crippen molar-refractivity contribution in [3.8, 4) is 0 Å². The smallest absolute Gasteiger partial charge is 0.315 e. The summed E-state index contributed by atoms with van der Waals surface area (Å²) in [6.45, 7) is 6.90. The minimum Gasteiger partial charge on any atom is -0.338 e. The van der Waals surface area contributed by atoms with Gasteiger partial charge in [0.2, 0.25) is 0 Å². The number of thiophene rings is 1. The number of carbonyl (C=O) groups excluding carboxylic acids is 1. The number of urea groups is 1. The van der Waals surface area contributed by atoms with E-state index < -0.39 is 0 Å². The Morgan fingerprint density at radius 1 is 1.19 bits per heavy atom. The van der Waals surface area contributed by atoms with Crippen LogP contribution in [0.15, 0.2) is 41.8 Å². The lowest BCUT2D eigenvalue weighted by Crippen LogP contribution is -2.39. The second kappa shape index (κ2) is 7.27. The van der Waals surface area contributed by atoms with E-state index in [1.807, 2.05) is 11.4 Å². The van der Waals surface area contributed by atoms with Gasteiger partial charge in [0.25, 0.3) is 0 Å². The van der Waals surface area contributed by atoms with Gasteiger partial charge in [-0.3, -0.25) is 0 Å². The average Bonchev–Trinajstić information content (AvgIpc) is 2.97. The molecule has 0 unspecified atom stereocenters. The van der Waals surface area contributed by atoms with Crippen LogP contribution in [0.4, 0.5) is 4.79 Å². The average molecular weight is 302 g/mol. The predicted molar refractivity (Wildman–Crippen MR) is 88.7 cm³/mol. The molecule has 0 aliphatic carbocycles. The second-order valence-electron chi connectivity index (χ2n) is 5.61. The fourth-order valence-electron chi connectivity index (χ4n) is 2.01. The van der Waals surface area contributed by atoms with E-state index in [9.17, 15) is 4.79 Å². The highest BCUT2D eigenvalue weighted by Gasteiger charge is 2.17. The predicted octanol–water partition coefficient (Wildman–Crippen LogP) is 4.10. The van der Waals surface area contributed by atoms with E-state index in [0.717, 1.165) is 10.4 Å². The highest BCUT2D eigenvalue weighted by atomic mass is 32.1. The van der Waals surface area contributed by atoms with E-state index in [1.54, 1.807) is 11.3 Å². The normalized spacial score (nSPS) is 12.2. The molecule has 0 fully saturated rings. The van der Waals surface area contributed by atoms with E-state index in [4.69, 9.17) is 0 Å². The van der Waals surface area contributed by atoms with E-state index in [0.29, 0.717) is 12.5 Å². The monoisotopic (exact) mass is 302 g/mol. The van der Waals surface area contributed by atoms with Gasteiger partial charge >= 0.3 is 6.03 Å². The summed E-state index contributed by atoms with van der Waals surface area (Å²) >= 11 is 1.65. The first kappa shape index (κ1) is 15.6. The van der Waals surface area contributed by atoms with Crippen LogP contribution in [0.2, 0.25) is 0 Å². The summed E-state index contributed by atoms with van der Waals surface area (Å²) in [5.74, 6) is 0.440. The van der Waals surface area contributed by atoms with Gasteiger partial charge in [-0.1, -0.05) is 49.7 Å². The SMILES string of the molecule is Cc1ccc([C@@H](NC(=O)NCC(C)C)c2cccs2)cc1. The topological polar surface area (TPSA) is 41.1 Å². The third kappa shape index (κ3) is 4.60. The largest absolute Gasteiger partial charge is 0.338 e. The molecule has 2 N–H and O–H groups in total. The fraction of sp³-hybridized carbons (Fsp3) is 0.353. The maximum Gasteiger partial charge on any atom is 0.315 e. The molecule has 4 heteroatoms. The number of rotatable bonds is 5. The fourth-order valence-corrected chi connectivity index (χ4v) is 2.81. The molecule has 0 saturated heterocycles. The van der Waals surface area contributed by atoms with Gasteiger partial charge in [-0.25, -0.2) is 4.79 Å². The number of benzene rings is 1. The summed E-state index contributed by atoms with van der Waals surface area (Å²) < 4.78 is 0. The minimum absolute atomic E-state index is 0.0993. The van der Waals surface area contributed by atoms with Crippen molar-refractivity contribution in [2.45, 2.75) is 26.8 Å². The van der Waals surface area contributed by atoms with Crippen molar-refractivity contribution < 1.29 is 4.79 Å². The minimum atomic E-state index is -0.123. The van der Waals surface area contributed by atoms with Crippen LogP contribution in [0.3, 0.4) is 0 Å². The molecule has 1 aromatic carbocycles. The first-order chi connectivity index (χ1) is 10.1. The molecule has 2 rings (SSSR count). The molecule has 1 aromatic heterocycles. The van der Waals surface area contributed by atoms with E-state index in [-0.39, 0.29) is 12.1 Å². The Bertz CT molecular complexity index is 561. The molecule has 0 bridgehead atoms.